The summed E-state index contributed by atoms with van der Waals surface area (Å²) in [7, 11) is 0. The van der Waals surface area contributed by atoms with Gasteiger partial charge < -0.3 is 10.8 Å². The first-order chi connectivity index (χ1) is 11.5. The smallest absolute Gasteiger partial charge is 0.332 e. The Hall–Kier alpha value is -3.60. The lowest BCUT2D eigenvalue weighted by Gasteiger charge is -2.14. The molecule has 122 valence electrons. The lowest BCUT2D eigenvalue weighted by atomic mass is 10.1. The molecule has 1 heterocycles. The van der Waals surface area contributed by atoms with E-state index >= 15 is 0 Å². The molecule has 0 radical (unpaired) electrons. The number of nitrogens with zero attached hydrogens (tertiary/aromatic N) is 3. The number of hydrogen-bond donors (Lipinski definition) is 3. The number of nitrogens with one attached hydrogen (secondary N) is 1. The molecule has 1 aromatic carbocycles. The standard InChI is InChI=1S/C16H15N5O3/c1-10-12(7-17)14(22)21(9-11-5-3-2-4-6-11)15(23)13(10)8-19-20-16(18)24/h2-6,8,23H,9H2,1H3,(H3,18,20,24)/b19-8-. The normalized spacial score (nSPS) is 10.5. The highest BCUT2D eigenvalue weighted by atomic mass is 16.3. The van der Waals surface area contributed by atoms with Crippen LogP contribution >= 0.6 is 0 Å². The second-order valence-electron chi connectivity index (χ2n) is 4.96. The van der Waals surface area contributed by atoms with Gasteiger partial charge in [0.1, 0.15) is 11.6 Å². The number of aromatic hydroxyl groups is 1. The van der Waals surface area contributed by atoms with Crippen LogP contribution in [-0.4, -0.2) is 21.9 Å². The number of urea groups is 1. The molecule has 0 spiro atoms. The molecule has 0 fully saturated rings. The van der Waals surface area contributed by atoms with Crippen molar-refractivity contribution in [2.75, 3.05) is 0 Å². The molecule has 4 N–H and O–H groups in total. The first-order valence-corrected chi connectivity index (χ1v) is 6.94. The predicted molar refractivity (Wildman–Crippen MR) is 87.7 cm³/mol. The van der Waals surface area contributed by atoms with Gasteiger partial charge >= 0.3 is 6.03 Å². The van der Waals surface area contributed by atoms with Gasteiger partial charge in [-0.25, -0.2) is 10.2 Å². The minimum Gasteiger partial charge on any atom is -0.494 e. The van der Waals surface area contributed by atoms with Gasteiger partial charge in [-0.3, -0.25) is 9.36 Å². The van der Waals surface area contributed by atoms with E-state index in [-0.39, 0.29) is 29.1 Å². The van der Waals surface area contributed by atoms with Crippen LogP contribution in [0.2, 0.25) is 0 Å². The molecule has 8 nitrogen and oxygen atoms in total. The number of rotatable bonds is 4. The number of aromatic nitrogens is 1. The van der Waals surface area contributed by atoms with Gasteiger partial charge in [-0.15, -0.1) is 0 Å². The summed E-state index contributed by atoms with van der Waals surface area (Å²) in [5.41, 5.74) is 7.39. The van der Waals surface area contributed by atoms with Gasteiger partial charge in [0.2, 0.25) is 5.88 Å². The summed E-state index contributed by atoms with van der Waals surface area (Å²) in [5, 5.41) is 23.2. The van der Waals surface area contributed by atoms with Gasteiger partial charge in [0.05, 0.1) is 18.3 Å². The van der Waals surface area contributed by atoms with Crippen LogP contribution in [0.3, 0.4) is 0 Å². The summed E-state index contributed by atoms with van der Waals surface area (Å²) < 4.78 is 1.08. The Morgan fingerprint density at radius 1 is 1.46 bits per heavy atom. The van der Waals surface area contributed by atoms with E-state index in [9.17, 15) is 20.0 Å². The number of carbonyl (C=O) groups excluding carboxylic acids is 1. The number of primary amides is 1. The van der Waals surface area contributed by atoms with Crippen molar-refractivity contribution < 1.29 is 9.90 Å². The highest BCUT2D eigenvalue weighted by Gasteiger charge is 2.18. The van der Waals surface area contributed by atoms with Gasteiger partial charge in [-0.2, -0.15) is 10.4 Å². The SMILES string of the molecule is Cc1c(/C=N\NC(N)=O)c(O)n(Cc2ccccc2)c(=O)c1C#N. The third kappa shape index (κ3) is 3.41. The molecular weight excluding hydrogens is 310 g/mol. The maximum absolute atomic E-state index is 12.4. The molecule has 0 atom stereocenters. The molecule has 2 amide bonds. The van der Waals surface area contributed by atoms with Crippen LogP contribution in [0.1, 0.15) is 22.3 Å². The van der Waals surface area contributed by atoms with Crippen LogP contribution in [-0.2, 0) is 6.54 Å². The monoisotopic (exact) mass is 325 g/mol. The highest BCUT2D eigenvalue weighted by Crippen LogP contribution is 2.20. The Balaban J connectivity index is 2.58. The fourth-order valence-electron chi connectivity index (χ4n) is 2.20. The van der Waals surface area contributed by atoms with E-state index in [1.54, 1.807) is 24.3 Å². The zero-order valence-corrected chi connectivity index (χ0v) is 12.9. The first kappa shape index (κ1) is 16.8. The topological polar surface area (TPSA) is 133 Å². The van der Waals surface area contributed by atoms with Crippen molar-refractivity contribution >= 4 is 12.2 Å². The molecule has 8 heteroatoms. The van der Waals surface area contributed by atoms with Crippen molar-refractivity contribution in [3.63, 3.8) is 0 Å². The molecular formula is C16H15N5O3. The molecule has 0 aliphatic carbocycles. The van der Waals surface area contributed by atoms with E-state index in [0.717, 1.165) is 16.3 Å². The lowest BCUT2D eigenvalue weighted by Crippen LogP contribution is -2.27. The van der Waals surface area contributed by atoms with E-state index < -0.39 is 11.6 Å². The maximum atomic E-state index is 12.4. The fourth-order valence-corrected chi connectivity index (χ4v) is 2.20. The summed E-state index contributed by atoms with van der Waals surface area (Å²) in [6.07, 6.45) is 1.14. The molecule has 1 aromatic heterocycles. The fraction of sp³-hybridized carbons (Fsp3) is 0.125. The van der Waals surface area contributed by atoms with Crippen LogP contribution in [0.4, 0.5) is 4.79 Å². The number of nitrogens with two attached hydrogens (primary N) is 1. The number of benzene rings is 1. The van der Waals surface area contributed by atoms with Gasteiger partial charge in [0.25, 0.3) is 5.56 Å². The zero-order valence-electron chi connectivity index (χ0n) is 12.9. The molecule has 2 rings (SSSR count). The van der Waals surface area contributed by atoms with Gasteiger partial charge in [-0.05, 0) is 18.1 Å². The van der Waals surface area contributed by atoms with Gasteiger partial charge in [-0.1, -0.05) is 30.3 Å². The second kappa shape index (κ2) is 7.11. The van der Waals surface area contributed by atoms with E-state index in [2.05, 4.69) is 5.10 Å². The third-order valence-electron chi connectivity index (χ3n) is 3.40. The second-order valence-corrected chi connectivity index (χ2v) is 4.96. The van der Waals surface area contributed by atoms with Crippen molar-refractivity contribution in [2.24, 2.45) is 10.8 Å². The minimum atomic E-state index is -0.874. The number of amides is 2. The van der Waals surface area contributed by atoms with E-state index in [0.29, 0.717) is 0 Å². The molecule has 24 heavy (non-hydrogen) atoms. The Labute approximate surface area is 137 Å². The van der Waals surface area contributed by atoms with E-state index in [1.165, 1.54) is 6.92 Å². The molecule has 0 saturated carbocycles. The van der Waals surface area contributed by atoms with Crippen LogP contribution in [0, 0.1) is 18.3 Å². The zero-order chi connectivity index (χ0) is 17.7. The quantitative estimate of drug-likeness (QED) is 0.566. The molecule has 0 unspecified atom stereocenters. The largest absolute Gasteiger partial charge is 0.494 e. The summed E-state index contributed by atoms with van der Waals surface area (Å²) in [6, 6.07) is 9.98. The number of nitriles is 1. The summed E-state index contributed by atoms with van der Waals surface area (Å²) >= 11 is 0. The highest BCUT2D eigenvalue weighted by molar-refractivity contribution is 5.86. The molecule has 0 bridgehead atoms. The Bertz CT molecular complexity index is 895. The number of carbonyl (C=O) groups is 1. The number of pyridine rings is 1. The van der Waals surface area contributed by atoms with Gasteiger partial charge in [0.15, 0.2) is 0 Å². The minimum absolute atomic E-state index is 0.0879. The Morgan fingerprint density at radius 2 is 2.12 bits per heavy atom. The average Bonchev–Trinajstić information content (AvgIpc) is 2.56. The third-order valence-corrected chi connectivity index (χ3v) is 3.40. The predicted octanol–water partition coefficient (Wildman–Crippen LogP) is 0.785. The number of hydrogen-bond acceptors (Lipinski definition) is 5. The van der Waals surface area contributed by atoms with E-state index in [4.69, 9.17) is 5.73 Å². The summed E-state index contributed by atoms with van der Waals surface area (Å²) in [6.45, 7) is 1.60. The van der Waals surface area contributed by atoms with Crippen molar-refractivity contribution in [3.05, 3.63) is 62.9 Å². The van der Waals surface area contributed by atoms with Crippen molar-refractivity contribution in [2.45, 2.75) is 13.5 Å². The summed E-state index contributed by atoms with van der Waals surface area (Å²) in [5.74, 6) is -0.352. The van der Waals surface area contributed by atoms with Crippen LogP contribution in [0.5, 0.6) is 5.88 Å². The maximum Gasteiger partial charge on any atom is 0.332 e. The van der Waals surface area contributed by atoms with E-state index in [1.807, 2.05) is 17.6 Å². The van der Waals surface area contributed by atoms with Crippen molar-refractivity contribution in [1.29, 1.82) is 5.26 Å². The molecule has 2 aromatic rings. The van der Waals surface area contributed by atoms with Crippen molar-refractivity contribution in [1.82, 2.24) is 9.99 Å². The van der Waals surface area contributed by atoms with Crippen LogP contribution in [0.15, 0.2) is 40.2 Å². The number of hydrazone groups is 1. The van der Waals surface area contributed by atoms with Crippen molar-refractivity contribution in [3.8, 4) is 11.9 Å². The lowest BCUT2D eigenvalue weighted by molar-refractivity contribution is 0.249. The van der Waals surface area contributed by atoms with Crippen LogP contribution in [0.25, 0.3) is 0 Å². The molecule has 0 aliphatic heterocycles. The molecule has 0 saturated heterocycles. The Kier molecular flexibility index (Phi) is 4.96. The summed E-state index contributed by atoms with van der Waals surface area (Å²) in [4.78, 5) is 23.1. The molecule has 0 aliphatic rings. The first-order valence-electron chi connectivity index (χ1n) is 6.94. The Morgan fingerprint density at radius 3 is 2.71 bits per heavy atom. The van der Waals surface area contributed by atoms with Gasteiger partial charge in [0, 0.05) is 0 Å². The van der Waals surface area contributed by atoms with Crippen LogP contribution < -0.4 is 16.7 Å². The average molecular weight is 325 g/mol.